The van der Waals surface area contributed by atoms with Gasteiger partial charge in [-0.2, -0.15) is 0 Å². The van der Waals surface area contributed by atoms with Crippen molar-refractivity contribution in [2.75, 3.05) is 25.0 Å². The van der Waals surface area contributed by atoms with E-state index in [1.807, 2.05) is 19.9 Å². The Labute approximate surface area is 189 Å². The zero-order chi connectivity index (χ0) is 22.9. The summed E-state index contributed by atoms with van der Waals surface area (Å²) in [5, 5.41) is 2.83. The Morgan fingerprint density at radius 3 is 2.59 bits per heavy atom. The van der Waals surface area contributed by atoms with Crippen LogP contribution in [0.2, 0.25) is 0 Å². The van der Waals surface area contributed by atoms with Gasteiger partial charge < -0.3 is 15.0 Å². The molecular formula is C25H31N3O4. The van der Waals surface area contributed by atoms with Crippen LogP contribution in [-0.2, 0) is 9.59 Å². The van der Waals surface area contributed by atoms with Crippen molar-refractivity contribution in [1.82, 2.24) is 9.88 Å². The summed E-state index contributed by atoms with van der Waals surface area (Å²) in [6.07, 6.45) is 4.40. The minimum absolute atomic E-state index is 0.0721. The molecule has 2 heterocycles. The predicted octanol–water partition coefficient (Wildman–Crippen LogP) is 4.02. The van der Waals surface area contributed by atoms with Gasteiger partial charge in [-0.1, -0.05) is 13.0 Å². The lowest BCUT2D eigenvalue weighted by Crippen LogP contribution is -2.43. The normalized spacial score (nSPS) is 15.8. The van der Waals surface area contributed by atoms with Crippen molar-refractivity contribution in [1.29, 1.82) is 0 Å². The van der Waals surface area contributed by atoms with E-state index in [1.165, 1.54) is 0 Å². The van der Waals surface area contributed by atoms with Crippen LogP contribution >= 0.6 is 0 Å². The van der Waals surface area contributed by atoms with Crippen LogP contribution in [0.5, 0.6) is 5.75 Å². The molecule has 1 unspecified atom stereocenters. The van der Waals surface area contributed by atoms with Crippen LogP contribution < -0.4 is 10.1 Å². The maximum Gasteiger partial charge on any atom is 0.230 e. The second kappa shape index (κ2) is 11.4. The van der Waals surface area contributed by atoms with Crippen LogP contribution in [0.15, 0.2) is 42.6 Å². The van der Waals surface area contributed by atoms with Crippen LogP contribution in [0, 0.1) is 12.8 Å². The number of hydrogen-bond acceptors (Lipinski definition) is 5. The van der Waals surface area contributed by atoms with Crippen LogP contribution in [-0.4, -0.2) is 47.2 Å². The van der Waals surface area contributed by atoms with E-state index in [2.05, 4.69) is 10.3 Å². The highest BCUT2D eigenvalue weighted by molar-refractivity contribution is 5.98. The first kappa shape index (κ1) is 23.4. The molecular weight excluding hydrogens is 406 g/mol. The Morgan fingerprint density at radius 2 is 1.91 bits per heavy atom. The third kappa shape index (κ3) is 6.64. The van der Waals surface area contributed by atoms with E-state index < -0.39 is 0 Å². The van der Waals surface area contributed by atoms with Crippen molar-refractivity contribution in [3.8, 4) is 5.75 Å². The molecule has 0 radical (unpaired) electrons. The molecule has 0 spiro atoms. The first-order valence-corrected chi connectivity index (χ1v) is 11.2. The number of likely N-dealkylation sites (tertiary alicyclic amines) is 1. The Hall–Kier alpha value is -3.22. The topological polar surface area (TPSA) is 88.6 Å². The molecule has 1 aliphatic rings. The third-order valence-corrected chi connectivity index (χ3v) is 5.52. The molecule has 0 saturated carbocycles. The van der Waals surface area contributed by atoms with Crippen molar-refractivity contribution >= 4 is 23.4 Å². The fraction of sp³-hybridized carbons (Fsp3) is 0.440. The number of piperidine rings is 1. The van der Waals surface area contributed by atoms with Crippen molar-refractivity contribution in [3.63, 3.8) is 0 Å². The highest BCUT2D eigenvalue weighted by Crippen LogP contribution is 2.20. The largest absolute Gasteiger partial charge is 0.494 e. The Morgan fingerprint density at radius 1 is 1.12 bits per heavy atom. The average Bonchev–Trinajstić information content (AvgIpc) is 2.82. The fourth-order valence-electron chi connectivity index (χ4n) is 3.67. The molecule has 3 rings (SSSR count). The van der Waals surface area contributed by atoms with E-state index in [9.17, 15) is 14.4 Å². The molecule has 1 atom stereocenters. The van der Waals surface area contributed by atoms with Crippen LogP contribution in [0.25, 0.3) is 0 Å². The average molecular weight is 438 g/mol. The molecule has 1 fully saturated rings. The SMILES string of the molecule is CCCOc1ccc(C(=O)CCC(=O)N2CCCC(C(=O)Nc3ccc(C)cn3)C2)cc1. The lowest BCUT2D eigenvalue weighted by atomic mass is 9.96. The third-order valence-electron chi connectivity index (χ3n) is 5.52. The maximum atomic E-state index is 12.7. The highest BCUT2D eigenvalue weighted by Gasteiger charge is 2.28. The minimum atomic E-state index is -0.276. The van der Waals surface area contributed by atoms with Gasteiger partial charge in [-0.3, -0.25) is 14.4 Å². The summed E-state index contributed by atoms with van der Waals surface area (Å²) in [4.78, 5) is 43.7. The summed E-state index contributed by atoms with van der Waals surface area (Å²) >= 11 is 0. The number of amides is 2. The Balaban J connectivity index is 1.47. The fourth-order valence-corrected chi connectivity index (χ4v) is 3.67. The van der Waals surface area contributed by atoms with Gasteiger partial charge in [0.15, 0.2) is 5.78 Å². The number of aromatic nitrogens is 1. The molecule has 7 nitrogen and oxygen atoms in total. The van der Waals surface area contributed by atoms with Crippen molar-refractivity contribution in [2.45, 2.75) is 46.0 Å². The monoisotopic (exact) mass is 437 g/mol. The van der Waals surface area contributed by atoms with Crippen LogP contribution in [0.3, 0.4) is 0 Å². The highest BCUT2D eigenvalue weighted by atomic mass is 16.5. The number of carbonyl (C=O) groups excluding carboxylic acids is 3. The number of ketones is 1. The zero-order valence-electron chi connectivity index (χ0n) is 18.8. The second-order valence-corrected chi connectivity index (χ2v) is 8.18. The van der Waals surface area contributed by atoms with E-state index in [4.69, 9.17) is 4.74 Å². The first-order valence-electron chi connectivity index (χ1n) is 11.2. The first-order chi connectivity index (χ1) is 15.5. The minimum Gasteiger partial charge on any atom is -0.494 e. The number of aryl methyl sites for hydroxylation is 1. The Kier molecular flexibility index (Phi) is 8.36. The number of hydrogen-bond donors (Lipinski definition) is 1. The molecule has 2 amide bonds. The van der Waals surface area contributed by atoms with Crippen LogP contribution in [0.1, 0.15) is 54.9 Å². The quantitative estimate of drug-likeness (QED) is 0.599. The number of benzene rings is 1. The van der Waals surface area contributed by atoms with E-state index in [-0.39, 0.29) is 36.4 Å². The van der Waals surface area contributed by atoms with E-state index >= 15 is 0 Å². The summed E-state index contributed by atoms with van der Waals surface area (Å²) in [5.74, 6) is 0.686. The number of anilines is 1. The molecule has 2 aromatic rings. The number of carbonyl (C=O) groups is 3. The number of nitrogens with zero attached hydrogens (tertiary/aromatic N) is 2. The van der Waals surface area contributed by atoms with Gasteiger partial charge in [-0.15, -0.1) is 0 Å². The summed E-state index contributed by atoms with van der Waals surface area (Å²) in [6.45, 7) is 5.59. The van der Waals surface area contributed by atoms with E-state index in [0.717, 1.165) is 30.6 Å². The van der Waals surface area contributed by atoms with Crippen molar-refractivity contribution in [2.24, 2.45) is 5.92 Å². The molecule has 1 aliphatic heterocycles. The van der Waals surface area contributed by atoms with Gasteiger partial charge in [0.05, 0.1) is 12.5 Å². The van der Waals surface area contributed by atoms with Crippen molar-refractivity contribution in [3.05, 3.63) is 53.7 Å². The summed E-state index contributed by atoms with van der Waals surface area (Å²) in [6, 6.07) is 10.7. The maximum absolute atomic E-state index is 12.7. The predicted molar refractivity (Wildman–Crippen MR) is 123 cm³/mol. The second-order valence-electron chi connectivity index (χ2n) is 8.18. The van der Waals surface area contributed by atoms with Gasteiger partial charge in [0.25, 0.3) is 0 Å². The van der Waals surface area contributed by atoms with Crippen LogP contribution in [0.4, 0.5) is 5.82 Å². The van der Waals surface area contributed by atoms with E-state index in [1.54, 1.807) is 41.4 Å². The molecule has 170 valence electrons. The number of ether oxygens (including phenoxy) is 1. The number of pyridine rings is 1. The summed E-state index contributed by atoms with van der Waals surface area (Å²) in [7, 11) is 0. The van der Waals surface area contributed by atoms with Gasteiger partial charge in [0.2, 0.25) is 11.8 Å². The molecule has 0 aliphatic carbocycles. The lowest BCUT2D eigenvalue weighted by molar-refractivity contribution is -0.134. The number of nitrogens with one attached hydrogen (secondary N) is 1. The summed E-state index contributed by atoms with van der Waals surface area (Å²) in [5.41, 5.74) is 1.59. The van der Waals surface area contributed by atoms with Gasteiger partial charge in [0, 0.05) is 37.7 Å². The molecule has 32 heavy (non-hydrogen) atoms. The van der Waals surface area contributed by atoms with Gasteiger partial charge in [-0.25, -0.2) is 4.98 Å². The molecule has 1 N–H and O–H groups in total. The smallest absolute Gasteiger partial charge is 0.230 e. The number of rotatable bonds is 9. The van der Waals surface area contributed by atoms with E-state index in [0.29, 0.717) is 31.1 Å². The molecule has 1 aromatic carbocycles. The standard InChI is InChI=1S/C25H31N3O4/c1-3-15-32-21-9-7-19(8-10-21)22(29)11-13-24(30)28-14-4-5-20(17-28)25(31)27-23-12-6-18(2)16-26-23/h6-10,12,16,20H,3-5,11,13-15,17H2,1-2H3,(H,26,27,31). The zero-order valence-corrected chi connectivity index (χ0v) is 18.8. The van der Waals surface area contributed by atoms with Gasteiger partial charge in [0.1, 0.15) is 11.6 Å². The Bertz CT molecular complexity index is 925. The van der Waals surface area contributed by atoms with Crippen molar-refractivity contribution < 1.29 is 19.1 Å². The summed E-state index contributed by atoms with van der Waals surface area (Å²) < 4.78 is 5.53. The number of Topliss-reactive ketones (excluding diaryl/α,β-unsaturated/α-hetero) is 1. The van der Waals surface area contributed by atoms with Gasteiger partial charge >= 0.3 is 0 Å². The molecule has 7 heteroatoms. The van der Waals surface area contributed by atoms with Gasteiger partial charge in [-0.05, 0) is 62.1 Å². The molecule has 1 saturated heterocycles. The molecule has 0 bridgehead atoms. The molecule has 1 aromatic heterocycles. The lowest BCUT2D eigenvalue weighted by Gasteiger charge is -2.32.